The monoisotopic (exact) mass is 245 g/mol. The zero-order valence-corrected chi connectivity index (χ0v) is 10.00. The lowest BCUT2D eigenvalue weighted by atomic mass is 10.0. The van der Waals surface area contributed by atoms with Crippen molar-refractivity contribution in [1.82, 2.24) is 5.32 Å². The standard InChI is InChI=1S/C11H19NO5/c1-11(2)16-9-7(14)8(15-10(9)17-11)6-5(13)3-4-12-6/h5-10,12-14H,3-4H2,1-2H3/t5-,6+,7-,8+,9+,10+/m0/s1. The topological polar surface area (TPSA) is 80.2 Å². The maximum absolute atomic E-state index is 10.2. The normalized spacial score (nSPS) is 52.9. The van der Waals surface area contributed by atoms with Crippen molar-refractivity contribution in [3.8, 4) is 0 Å². The number of aliphatic hydroxyl groups excluding tert-OH is 2. The minimum absolute atomic E-state index is 0.245. The lowest BCUT2D eigenvalue weighted by molar-refractivity contribution is -0.219. The molecule has 3 rings (SSSR count). The van der Waals surface area contributed by atoms with Crippen LogP contribution in [0.5, 0.6) is 0 Å². The van der Waals surface area contributed by atoms with Gasteiger partial charge in [0.15, 0.2) is 12.1 Å². The molecule has 17 heavy (non-hydrogen) atoms. The molecule has 3 saturated heterocycles. The van der Waals surface area contributed by atoms with Gasteiger partial charge in [-0.15, -0.1) is 0 Å². The Labute approximate surface area is 99.9 Å². The smallest absolute Gasteiger partial charge is 0.190 e. The minimum atomic E-state index is -0.771. The summed E-state index contributed by atoms with van der Waals surface area (Å²) in [6, 6.07) is -0.245. The molecular weight excluding hydrogens is 226 g/mol. The number of hydrogen-bond acceptors (Lipinski definition) is 6. The molecule has 3 N–H and O–H groups in total. The molecule has 0 unspecified atom stereocenters. The molecule has 3 fully saturated rings. The molecule has 98 valence electrons. The summed E-state index contributed by atoms with van der Waals surface area (Å²) in [6.07, 6.45) is -2.06. The highest BCUT2D eigenvalue weighted by molar-refractivity contribution is 5.01. The van der Waals surface area contributed by atoms with E-state index >= 15 is 0 Å². The molecule has 0 saturated carbocycles. The van der Waals surface area contributed by atoms with Gasteiger partial charge in [-0.25, -0.2) is 0 Å². The number of ether oxygens (including phenoxy) is 3. The van der Waals surface area contributed by atoms with Crippen LogP contribution >= 0.6 is 0 Å². The zero-order valence-electron chi connectivity index (χ0n) is 10.00. The summed E-state index contributed by atoms with van der Waals surface area (Å²) in [6.45, 7) is 4.32. The van der Waals surface area contributed by atoms with Gasteiger partial charge >= 0.3 is 0 Å². The molecule has 3 heterocycles. The largest absolute Gasteiger partial charge is 0.391 e. The third kappa shape index (κ3) is 1.89. The average molecular weight is 245 g/mol. The van der Waals surface area contributed by atoms with E-state index in [0.29, 0.717) is 6.42 Å². The molecule has 0 spiro atoms. The van der Waals surface area contributed by atoms with E-state index < -0.39 is 36.5 Å². The van der Waals surface area contributed by atoms with Crippen LogP contribution in [0.4, 0.5) is 0 Å². The Morgan fingerprint density at radius 3 is 2.53 bits per heavy atom. The van der Waals surface area contributed by atoms with E-state index in [1.54, 1.807) is 13.8 Å². The second kappa shape index (κ2) is 3.88. The van der Waals surface area contributed by atoms with Crippen LogP contribution in [0.2, 0.25) is 0 Å². The van der Waals surface area contributed by atoms with Crippen LogP contribution in [0, 0.1) is 0 Å². The van der Waals surface area contributed by atoms with Crippen LogP contribution in [0.25, 0.3) is 0 Å². The highest BCUT2D eigenvalue weighted by Gasteiger charge is 2.57. The van der Waals surface area contributed by atoms with Gasteiger partial charge in [0.25, 0.3) is 0 Å². The molecule has 0 aliphatic carbocycles. The van der Waals surface area contributed by atoms with Crippen molar-refractivity contribution in [2.24, 2.45) is 0 Å². The zero-order chi connectivity index (χ0) is 12.2. The van der Waals surface area contributed by atoms with Crippen LogP contribution in [0.1, 0.15) is 20.3 Å². The van der Waals surface area contributed by atoms with Crippen LogP contribution in [0.15, 0.2) is 0 Å². The number of hydrogen-bond donors (Lipinski definition) is 3. The van der Waals surface area contributed by atoms with Gasteiger partial charge in [0.05, 0.1) is 12.1 Å². The molecular formula is C11H19NO5. The Bertz CT molecular complexity index is 310. The Kier molecular flexibility index (Phi) is 2.70. The molecule has 0 amide bonds. The Morgan fingerprint density at radius 2 is 1.94 bits per heavy atom. The maximum Gasteiger partial charge on any atom is 0.190 e. The fraction of sp³-hybridized carbons (Fsp3) is 1.00. The van der Waals surface area contributed by atoms with E-state index in [-0.39, 0.29) is 6.04 Å². The SMILES string of the molecule is CC1(C)O[C@H]2O[C@H]([C@@H]3NCC[C@@H]3O)[C@H](O)[C@H]2O1. The van der Waals surface area contributed by atoms with E-state index in [1.165, 1.54) is 0 Å². The average Bonchev–Trinajstić information content (AvgIpc) is 2.83. The lowest BCUT2D eigenvalue weighted by Crippen LogP contribution is -2.49. The van der Waals surface area contributed by atoms with Crippen molar-refractivity contribution in [2.45, 2.75) is 62.8 Å². The van der Waals surface area contributed by atoms with Crippen LogP contribution in [-0.2, 0) is 14.2 Å². The van der Waals surface area contributed by atoms with Gasteiger partial charge in [-0.05, 0) is 26.8 Å². The van der Waals surface area contributed by atoms with Gasteiger partial charge in [0.1, 0.15) is 18.3 Å². The predicted octanol–water partition coefficient (Wildman–Crippen LogP) is -1.05. The molecule has 0 bridgehead atoms. The van der Waals surface area contributed by atoms with Crippen molar-refractivity contribution in [2.75, 3.05) is 6.54 Å². The van der Waals surface area contributed by atoms with Crippen LogP contribution < -0.4 is 5.32 Å². The molecule has 6 nitrogen and oxygen atoms in total. The molecule has 6 atom stereocenters. The molecule has 3 aliphatic heterocycles. The van der Waals surface area contributed by atoms with Gasteiger partial charge in [-0.3, -0.25) is 0 Å². The second-order valence-corrected chi connectivity index (χ2v) is 5.40. The fourth-order valence-electron chi connectivity index (χ4n) is 2.86. The third-order valence-electron chi connectivity index (χ3n) is 3.64. The Balaban J connectivity index is 1.72. The third-order valence-corrected chi connectivity index (χ3v) is 3.64. The Morgan fingerprint density at radius 1 is 1.18 bits per heavy atom. The fourth-order valence-corrected chi connectivity index (χ4v) is 2.86. The molecule has 0 aromatic rings. The highest BCUT2D eigenvalue weighted by atomic mass is 16.8. The van der Waals surface area contributed by atoms with E-state index in [1.807, 2.05) is 0 Å². The maximum atomic E-state index is 10.2. The minimum Gasteiger partial charge on any atom is -0.391 e. The summed E-state index contributed by atoms with van der Waals surface area (Å²) in [5.41, 5.74) is 0. The molecule has 6 heteroatoms. The van der Waals surface area contributed by atoms with Gasteiger partial charge in [-0.2, -0.15) is 0 Å². The summed E-state index contributed by atoms with van der Waals surface area (Å²) in [5.74, 6) is -0.719. The van der Waals surface area contributed by atoms with Gasteiger partial charge in [0.2, 0.25) is 0 Å². The molecule has 0 aromatic heterocycles. The van der Waals surface area contributed by atoms with E-state index in [4.69, 9.17) is 14.2 Å². The first-order valence-corrected chi connectivity index (χ1v) is 6.08. The predicted molar refractivity (Wildman–Crippen MR) is 57.1 cm³/mol. The number of rotatable bonds is 1. The van der Waals surface area contributed by atoms with E-state index in [0.717, 1.165) is 6.54 Å². The van der Waals surface area contributed by atoms with Gasteiger partial charge in [-0.1, -0.05) is 0 Å². The van der Waals surface area contributed by atoms with Crippen molar-refractivity contribution < 1.29 is 24.4 Å². The number of aliphatic hydroxyl groups is 2. The quantitative estimate of drug-likeness (QED) is 0.547. The van der Waals surface area contributed by atoms with Crippen LogP contribution in [0.3, 0.4) is 0 Å². The van der Waals surface area contributed by atoms with Crippen molar-refractivity contribution >= 4 is 0 Å². The highest BCUT2D eigenvalue weighted by Crippen LogP contribution is 2.39. The number of fused-ring (bicyclic) bond motifs is 1. The van der Waals surface area contributed by atoms with Crippen LogP contribution in [-0.4, -0.2) is 59.3 Å². The second-order valence-electron chi connectivity index (χ2n) is 5.40. The van der Waals surface area contributed by atoms with E-state index in [9.17, 15) is 10.2 Å². The summed E-state index contributed by atoms with van der Waals surface area (Å²) < 4.78 is 16.8. The molecule has 0 radical (unpaired) electrons. The van der Waals surface area contributed by atoms with Crippen molar-refractivity contribution in [3.05, 3.63) is 0 Å². The van der Waals surface area contributed by atoms with Crippen molar-refractivity contribution in [3.63, 3.8) is 0 Å². The Hall–Kier alpha value is -0.240. The summed E-state index contributed by atoms with van der Waals surface area (Å²) in [5, 5.41) is 23.1. The van der Waals surface area contributed by atoms with Crippen molar-refractivity contribution in [1.29, 1.82) is 0 Å². The molecule has 3 aliphatic rings. The molecule has 0 aromatic carbocycles. The lowest BCUT2D eigenvalue weighted by Gasteiger charge is -2.27. The summed E-state index contributed by atoms with van der Waals surface area (Å²) in [7, 11) is 0. The van der Waals surface area contributed by atoms with Gasteiger partial charge < -0.3 is 29.7 Å². The summed E-state index contributed by atoms with van der Waals surface area (Å²) >= 11 is 0. The first-order chi connectivity index (χ1) is 7.98. The first-order valence-electron chi connectivity index (χ1n) is 6.08. The van der Waals surface area contributed by atoms with E-state index in [2.05, 4.69) is 5.32 Å². The number of nitrogens with one attached hydrogen (secondary N) is 1. The first kappa shape index (κ1) is 11.8. The summed E-state index contributed by atoms with van der Waals surface area (Å²) in [4.78, 5) is 0. The van der Waals surface area contributed by atoms with Gasteiger partial charge in [0, 0.05) is 0 Å².